The van der Waals surface area contributed by atoms with E-state index < -0.39 is 11.8 Å². The minimum Gasteiger partial charge on any atom is -0.497 e. The summed E-state index contributed by atoms with van der Waals surface area (Å²) in [5.41, 5.74) is 3.26. The van der Waals surface area contributed by atoms with Crippen LogP contribution in [-0.4, -0.2) is 32.2 Å². The highest BCUT2D eigenvalue weighted by Gasteiger charge is 2.12. The van der Waals surface area contributed by atoms with Crippen LogP contribution < -0.4 is 20.2 Å². The number of rotatable bonds is 5. The van der Waals surface area contributed by atoms with Crippen LogP contribution in [0.2, 0.25) is 0 Å². The second kappa shape index (κ2) is 8.84. The van der Waals surface area contributed by atoms with Gasteiger partial charge in [-0.05, 0) is 42.5 Å². The topological polar surface area (TPSA) is 89.0 Å². The van der Waals surface area contributed by atoms with Crippen molar-refractivity contribution in [2.75, 3.05) is 19.5 Å². The molecule has 2 rings (SSSR count). The van der Waals surface area contributed by atoms with Gasteiger partial charge in [-0.2, -0.15) is 5.10 Å². The number of hydrogen-bond donors (Lipinski definition) is 2. The van der Waals surface area contributed by atoms with Crippen LogP contribution in [0.4, 0.5) is 5.69 Å². The van der Waals surface area contributed by atoms with Crippen molar-refractivity contribution in [1.82, 2.24) is 5.43 Å². The van der Waals surface area contributed by atoms with Gasteiger partial charge >= 0.3 is 11.8 Å². The lowest BCUT2D eigenvalue weighted by Crippen LogP contribution is -2.32. The molecule has 25 heavy (non-hydrogen) atoms. The van der Waals surface area contributed by atoms with Gasteiger partial charge in [-0.15, -0.1) is 0 Å². The number of benzene rings is 2. The Morgan fingerprint density at radius 3 is 2.40 bits per heavy atom. The Labute approximate surface area is 153 Å². The van der Waals surface area contributed by atoms with Crippen LogP contribution in [0.25, 0.3) is 0 Å². The Bertz CT molecular complexity index is 791. The van der Waals surface area contributed by atoms with Crippen LogP contribution in [0.3, 0.4) is 0 Å². The highest BCUT2D eigenvalue weighted by molar-refractivity contribution is 9.10. The maximum absolute atomic E-state index is 11.8. The van der Waals surface area contributed by atoms with Crippen LogP contribution in [0.1, 0.15) is 5.56 Å². The summed E-state index contributed by atoms with van der Waals surface area (Å²) in [5.74, 6) is -0.544. The lowest BCUT2D eigenvalue weighted by molar-refractivity contribution is -0.136. The van der Waals surface area contributed by atoms with Crippen LogP contribution in [0, 0.1) is 0 Å². The monoisotopic (exact) mass is 405 g/mol. The van der Waals surface area contributed by atoms with Gasteiger partial charge < -0.3 is 14.8 Å². The number of amides is 2. The van der Waals surface area contributed by atoms with Crippen molar-refractivity contribution in [3.8, 4) is 11.5 Å². The van der Waals surface area contributed by atoms with E-state index in [0.29, 0.717) is 22.7 Å². The van der Waals surface area contributed by atoms with E-state index in [1.165, 1.54) is 20.4 Å². The van der Waals surface area contributed by atoms with Gasteiger partial charge in [0.05, 0.1) is 20.4 Å². The van der Waals surface area contributed by atoms with Crippen LogP contribution >= 0.6 is 15.9 Å². The molecule has 0 atom stereocenters. The Balaban J connectivity index is 1.97. The highest BCUT2D eigenvalue weighted by atomic mass is 79.9. The molecule has 0 saturated heterocycles. The molecule has 130 valence electrons. The largest absolute Gasteiger partial charge is 0.497 e. The van der Waals surface area contributed by atoms with E-state index in [1.54, 1.807) is 42.5 Å². The fourth-order valence-electron chi connectivity index (χ4n) is 1.87. The van der Waals surface area contributed by atoms with Crippen molar-refractivity contribution in [2.24, 2.45) is 5.10 Å². The number of anilines is 1. The summed E-state index contributed by atoms with van der Waals surface area (Å²) in [5, 5.41) is 6.24. The first kappa shape index (κ1) is 18.5. The number of hydrazone groups is 1. The molecular formula is C17H16BrN3O4. The minimum absolute atomic E-state index is 0.502. The maximum atomic E-state index is 11.8. The third-order valence-electron chi connectivity index (χ3n) is 3.11. The van der Waals surface area contributed by atoms with E-state index in [-0.39, 0.29) is 0 Å². The summed E-state index contributed by atoms with van der Waals surface area (Å²) in [6.07, 6.45) is 1.37. The molecule has 2 amide bonds. The number of carbonyl (C=O) groups excluding carboxylic acids is 2. The lowest BCUT2D eigenvalue weighted by Gasteiger charge is -2.07. The normalized spacial score (nSPS) is 10.4. The molecule has 2 aromatic rings. The number of nitrogens with zero attached hydrogens (tertiary/aromatic N) is 1. The van der Waals surface area contributed by atoms with E-state index in [9.17, 15) is 9.59 Å². The van der Waals surface area contributed by atoms with Crippen molar-refractivity contribution in [1.29, 1.82) is 0 Å². The molecule has 0 aliphatic carbocycles. The number of halogens is 1. The Hall–Kier alpha value is -2.87. The van der Waals surface area contributed by atoms with Crippen molar-refractivity contribution in [3.63, 3.8) is 0 Å². The van der Waals surface area contributed by atoms with Gasteiger partial charge in [0.2, 0.25) is 0 Å². The first-order valence-electron chi connectivity index (χ1n) is 7.15. The second-order valence-corrected chi connectivity index (χ2v) is 5.68. The molecule has 0 saturated carbocycles. The molecule has 7 nitrogen and oxygen atoms in total. The molecule has 0 aromatic heterocycles. The van der Waals surface area contributed by atoms with Crippen molar-refractivity contribution < 1.29 is 19.1 Å². The smallest absolute Gasteiger partial charge is 0.329 e. The predicted octanol–water partition coefficient (Wildman–Crippen LogP) is 2.56. The summed E-state index contributed by atoms with van der Waals surface area (Å²) in [6, 6.07) is 12.0. The summed E-state index contributed by atoms with van der Waals surface area (Å²) in [4.78, 5) is 23.6. The molecule has 0 fully saturated rings. The van der Waals surface area contributed by atoms with Crippen LogP contribution in [0.5, 0.6) is 11.5 Å². The van der Waals surface area contributed by atoms with E-state index in [4.69, 9.17) is 9.47 Å². The zero-order valence-electron chi connectivity index (χ0n) is 13.6. The summed E-state index contributed by atoms with van der Waals surface area (Å²) in [6.45, 7) is 0. The molecule has 0 spiro atoms. The van der Waals surface area contributed by atoms with Crippen molar-refractivity contribution >= 4 is 39.6 Å². The molecule has 0 unspecified atom stereocenters. The Kier molecular flexibility index (Phi) is 6.53. The SMILES string of the molecule is COc1ccc(OC)c(/C=N/NC(=O)C(=O)Nc2ccc(Br)cc2)c1. The number of methoxy groups -OCH3 is 2. The Morgan fingerprint density at radius 2 is 1.76 bits per heavy atom. The molecule has 2 N–H and O–H groups in total. The van der Waals surface area contributed by atoms with Crippen LogP contribution in [-0.2, 0) is 9.59 Å². The maximum Gasteiger partial charge on any atom is 0.329 e. The van der Waals surface area contributed by atoms with E-state index >= 15 is 0 Å². The van der Waals surface area contributed by atoms with Gasteiger partial charge in [-0.25, -0.2) is 5.43 Å². The lowest BCUT2D eigenvalue weighted by atomic mass is 10.2. The predicted molar refractivity (Wildman–Crippen MR) is 98.1 cm³/mol. The van der Waals surface area contributed by atoms with E-state index in [2.05, 4.69) is 31.8 Å². The molecule has 0 radical (unpaired) electrons. The molecule has 0 heterocycles. The third kappa shape index (κ3) is 5.32. The quantitative estimate of drug-likeness (QED) is 0.454. The molecule has 0 aliphatic heterocycles. The van der Waals surface area contributed by atoms with Gasteiger partial charge in [0.25, 0.3) is 0 Å². The Morgan fingerprint density at radius 1 is 1.04 bits per heavy atom. The third-order valence-corrected chi connectivity index (χ3v) is 3.64. The average molecular weight is 406 g/mol. The van der Waals surface area contributed by atoms with Gasteiger partial charge in [0.1, 0.15) is 11.5 Å². The van der Waals surface area contributed by atoms with Crippen molar-refractivity contribution in [2.45, 2.75) is 0 Å². The second-order valence-electron chi connectivity index (χ2n) is 4.77. The molecule has 2 aromatic carbocycles. The molecule has 0 aliphatic rings. The first-order valence-corrected chi connectivity index (χ1v) is 7.94. The fraction of sp³-hybridized carbons (Fsp3) is 0.118. The first-order chi connectivity index (χ1) is 12.0. The van der Waals surface area contributed by atoms with E-state index in [0.717, 1.165) is 4.47 Å². The number of nitrogens with one attached hydrogen (secondary N) is 2. The summed E-state index contributed by atoms with van der Waals surface area (Å²) < 4.78 is 11.2. The molecule has 8 heteroatoms. The molecule has 0 bridgehead atoms. The molecular weight excluding hydrogens is 390 g/mol. The van der Waals surface area contributed by atoms with Gasteiger partial charge in [0, 0.05) is 15.7 Å². The van der Waals surface area contributed by atoms with E-state index in [1.807, 2.05) is 0 Å². The highest BCUT2D eigenvalue weighted by Crippen LogP contribution is 2.22. The number of hydrogen-bond acceptors (Lipinski definition) is 5. The number of ether oxygens (including phenoxy) is 2. The van der Waals surface area contributed by atoms with Gasteiger partial charge in [0.15, 0.2) is 0 Å². The van der Waals surface area contributed by atoms with Gasteiger partial charge in [-0.3, -0.25) is 9.59 Å². The van der Waals surface area contributed by atoms with Crippen molar-refractivity contribution in [3.05, 3.63) is 52.5 Å². The minimum atomic E-state index is -0.888. The average Bonchev–Trinajstić information content (AvgIpc) is 2.63. The van der Waals surface area contributed by atoms with Crippen LogP contribution in [0.15, 0.2) is 52.0 Å². The zero-order chi connectivity index (χ0) is 18.2. The number of carbonyl (C=O) groups is 2. The zero-order valence-corrected chi connectivity index (χ0v) is 15.2. The van der Waals surface area contributed by atoms with Gasteiger partial charge in [-0.1, -0.05) is 15.9 Å². The fourth-order valence-corrected chi connectivity index (χ4v) is 2.14. The summed E-state index contributed by atoms with van der Waals surface area (Å²) >= 11 is 3.29. The standard InChI is InChI=1S/C17H16BrN3O4/c1-24-14-7-8-15(25-2)11(9-14)10-19-21-17(23)16(22)20-13-5-3-12(18)4-6-13/h3-10H,1-2H3,(H,20,22)(H,21,23)/b19-10+. The summed E-state index contributed by atoms with van der Waals surface area (Å²) in [7, 11) is 3.06.